The van der Waals surface area contributed by atoms with E-state index in [0.717, 1.165) is 42.0 Å². The lowest BCUT2D eigenvalue weighted by Crippen LogP contribution is -2.35. The molecule has 1 aliphatic rings. The minimum atomic E-state index is 0.686. The van der Waals surface area contributed by atoms with E-state index in [4.69, 9.17) is 10.5 Å². The average Bonchev–Trinajstić information content (AvgIpc) is 2.48. The van der Waals surface area contributed by atoms with Crippen molar-refractivity contribution >= 4 is 22.3 Å². The Morgan fingerprint density at radius 3 is 2.76 bits per heavy atom. The highest BCUT2D eigenvalue weighted by atomic mass is 16.5. The number of hydrogen-bond acceptors (Lipinski definition) is 4. The third kappa shape index (κ3) is 2.95. The van der Waals surface area contributed by atoms with Crippen LogP contribution < -0.4 is 10.6 Å². The number of methoxy groups -OCH3 is 1. The normalized spacial score (nSPS) is 16.6. The molecule has 4 heteroatoms. The Labute approximate surface area is 125 Å². The van der Waals surface area contributed by atoms with Crippen molar-refractivity contribution in [2.24, 2.45) is 5.92 Å². The van der Waals surface area contributed by atoms with E-state index in [9.17, 15) is 0 Å². The van der Waals surface area contributed by atoms with E-state index in [1.54, 1.807) is 7.11 Å². The number of nitrogens with zero attached hydrogens (tertiary/aromatic N) is 2. The molecule has 1 aromatic carbocycles. The maximum atomic E-state index is 5.96. The summed E-state index contributed by atoms with van der Waals surface area (Å²) in [6, 6.07) is 8.15. The molecule has 2 heterocycles. The fourth-order valence-electron chi connectivity index (χ4n) is 3.19. The van der Waals surface area contributed by atoms with Crippen LogP contribution in [0.2, 0.25) is 0 Å². The van der Waals surface area contributed by atoms with Crippen molar-refractivity contribution in [3.63, 3.8) is 0 Å². The molecule has 21 heavy (non-hydrogen) atoms. The second kappa shape index (κ2) is 5.90. The van der Waals surface area contributed by atoms with Crippen LogP contribution in [0.15, 0.2) is 24.3 Å². The second-order valence-corrected chi connectivity index (χ2v) is 5.95. The second-order valence-electron chi connectivity index (χ2n) is 5.95. The summed E-state index contributed by atoms with van der Waals surface area (Å²) >= 11 is 0. The fraction of sp³-hybridized carbons (Fsp3) is 0.471. The summed E-state index contributed by atoms with van der Waals surface area (Å²) in [6.45, 7) is 5.07. The largest absolute Gasteiger partial charge is 0.399 e. The van der Waals surface area contributed by atoms with Gasteiger partial charge in [-0.25, -0.2) is 0 Å². The van der Waals surface area contributed by atoms with Crippen LogP contribution in [0, 0.1) is 12.8 Å². The summed E-state index contributed by atoms with van der Waals surface area (Å²) in [5.41, 5.74) is 10.1. The summed E-state index contributed by atoms with van der Waals surface area (Å²) in [5.74, 6) is 0.686. The highest BCUT2D eigenvalue weighted by Gasteiger charge is 2.21. The molecule has 112 valence electrons. The number of rotatable bonds is 3. The molecular formula is C17H23N3O. The molecule has 1 aromatic heterocycles. The summed E-state index contributed by atoms with van der Waals surface area (Å²) in [4.78, 5) is 7.08. The minimum absolute atomic E-state index is 0.686. The van der Waals surface area contributed by atoms with Crippen molar-refractivity contribution < 1.29 is 4.74 Å². The molecule has 0 atom stereocenters. The van der Waals surface area contributed by atoms with Crippen LogP contribution in [0.5, 0.6) is 0 Å². The Balaban J connectivity index is 1.91. The number of aryl methyl sites for hydroxylation is 1. The standard InChI is InChI=1S/C17H23N3O/c1-12-9-17(15-10-14(18)3-4-16(15)19-12)20-7-5-13(6-8-20)11-21-2/h3-4,9-10,13H,5-8,11,18H2,1-2H3. The van der Waals surface area contributed by atoms with E-state index < -0.39 is 0 Å². The van der Waals surface area contributed by atoms with Crippen molar-refractivity contribution in [1.29, 1.82) is 0 Å². The Bertz CT molecular complexity index is 633. The SMILES string of the molecule is COCC1CCN(c2cc(C)nc3ccc(N)cc23)CC1. The lowest BCUT2D eigenvalue weighted by atomic mass is 9.97. The van der Waals surface area contributed by atoms with Crippen molar-refractivity contribution in [3.8, 4) is 0 Å². The topological polar surface area (TPSA) is 51.4 Å². The van der Waals surface area contributed by atoms with Gasteiger partial charge in [0.1, 0.15) is 0 Å². The van der Waals surface area contributed by atoms with Crippen LogP contribution in [-0.4, -0.2) is 31.8 Å². The number of piperidine rings is 1. The molecule has 2 N–H and O–H groups in total. The molecule has 1 saturated heterocycles. The third-order valence-electron chi connectivity index (χ3n) is 4.30. The molecule has 0 aliphatic carbocycles. The van der Waals surface area contributed by atoms with Gasteiger partial charge in [-0.1, -0.05) is 0 Å². The highest BCUT2D eigenvalue weighted by molar-refractivity contribution is 5.94. The van der Waals surface area contributed by atoms with Crippen molar-refractivity contribution in [2.75, 3.05) is 37.4 Å². The Morgan fingerprint density at radius 1 is 1.29 bits per heavy atom. The minimum Gasteiger partial charge on any atom is -0.399 e. The van der Waals surface area contributed by atoms with Crippen molar-refractivity contribution in [1.82, 2.24) is 4.98 Å². The van der Waals surface area contributed by atoms with Crippen molar-refractivity contribution in [2.45, 2.75) is 19.8 Å². The number of hydrogen-bond donors (Lipinski definition) is 1. The maximum Gasteiger partial charge on any atom is 0.0727 e. The van der Waals surface area contributed by atoms with Gasteiger partial charge in [-0.05, 0) is 49.9 Å². The van der Waals surface area contributed by atoms with Gasteiger partial charge in [0.05, 0.1) is 5.52 Å². The van der Waals surface area contributed by atoms with E-state index in [-0.39, 0.29) is 0 Å². The zero-order valence-electron chi connectivity index (χ0n) is 12.8. The first-order valence-corrected chi connectivity index (χ1v) is 7.58. The first-order valence-electron chi connectivity index (χ1n) is 7.58. The molecule has 0 radical (unpaired) electrons. The molecule has 3 rings (SSSR count). The summed E-state index contributed by atoms with van der Waals surface area (Å²) in [5, 5.41) is 1.16. The monoisotopic (exact) mass is 285 g/mol. The van der Waals surface area contributed by atoms with Gasteiger partial charge in [-0.15, -0.1) is 0 Å². The highest BCUT2D eigenvalue weighted by Crippen LogP contribution is 2.31. The molecule has 2 aromatic rings. The zero-order chi connectivity index (χ0) is 14.8. The Morgan fingerprint density at radius 2 is 2.05 bits per heavy atom. The van der Waals surface area contributed by atoms with Gasteiger partial charge < -0.3 is 15.4 Å². The Kier molecular flexibility index (Phi) is 3.97. The van der Waals surface area contributed by atoms with Crippen LogP contribution in [0.3, 0.4) is 0 Å². The maximum absolute atomic E-state index is 5.96. The zero-order valence-corrected chi connectivity index (χ0v) is 12.8. The quantitative estimate of drug-likeness (QED) is 0.881. The van der Waals surface area contributed by atoms with E-state index >= 15 is 0 Å². The lowest BCUT2D eigenvalue weighted by molar-refractivity contribution is 0.139. The van der Waals surface area contributed by atoms with Crippen LogP contribution in [0.1, 0.15) is 18.5 Å². The van der Waals surface area contributed by atoms with E-state index in [1.165, 1.54) is 18.5 Å². The molecular weight excluding hydrogens is 262 g/mol. The first kappa shape index (κ1) is 14.1. The lowest BCUT2D eigenvalue weighted by Gasteiger charge is -2.34. The van der Waals surface area contributed by atoms with Gasteiger partial charge >= 0.3 is 0 Å². The van der Waals surface area contributed by atoms with Crippen molar-refractivity contribution in [3.05, 3.63) is 30.0 Å². The summed E-state index contributed by atoms with van der Waals surface area (Å²) < 4.78 is 5.28. The molecule has 0 spiro atoms. The molecule has 0 amide bonds. The van der Waals surface area contributed by atoms with Gasteiger partial charge in [-0.2, -0.15) is 0 Å². The molecule has 0 unspecified atom stereocenters. The van der Waals surface area contributed by atoms with Gasteiger partial charge in [0.15, 0.2) is 0 Å². The number of pyridine rings is 1. The van der Waals surface area contributed by atoms with Crippen LogP contribution in [0.25, 0.3) is 10.9 Å². The number of fused-ring (bicyclic) bond motifs is 1. The number of anilines is 2. The van der Waals surface area contributed by atoms with Gasteiger partial charge in [0.25, 0.3) is 0 Å². The molecule has 0 saturated carbocycles. The number of ether oxygens (including phenoxy) is 1. The molecule has 1 fully saturated rings. The van der Waals surface area contributed by atoms with Gasteiger partial charge in [0.2, 0.25) is 0 Å². The first-order chi connectivity index (χ1) is 10.2. The fourth-order valence-corrected chi connectivity index (χ4v) is 3.19. The van der Waals surface area contributed by atoms with Crippen LogP contribution >= 0.6 is 0 Å². The van der Waals surface area contributed by atoms with E-state index in [1.807, 2.05) is 18.2 Å². The predicted octanol–water partition coefficient (Wildman–Crippen LogP) is 2.99. The number of nitrogen functional groups attached to an aromatic ring is 1. The smallest absolute Gasteiger partial charge is 0.0727 e. The molecule has 4 nitrogen and oxygen atoms in total. The predicted molar refractivity (Wildman–Crippen MR) is 87.7 cm³/mol. The van der Waals surface area contributed by atoms with E-state index in [0.29, 0.717) is 5.92 Å². The van der Waals surface area contributed by atoms with E-state index in [2.05, 4.69) is 22.9 Å². The third-order valence-corrected chi connectivity index (χ3v) is 4.30. The molecule has 0 bridgehead atoms. The number of aromatic nitrogens is 1. The summed E-state index contributed by atoms with van der Waals surface area (Å²) in [7, 11) is 1.79. The van der Waals surface area contributed by atoms with Gasteiger partial charge in [0, 0.05) is 49.3 Å². The number of benzene rings is 1. The summed E-state index contributed by atoms with van der Waals surface area (Å²) in [6.07, 6.45) is 2.36. The van der Waals surface area contributed by atoms with Crippen LogP contribution in [-0.2, 0) is 4.74 Å². The average molecular weight is 285 g/mol. The number of nitrogens with two attached hydrogens (primary N) is 1. The molecule has 1 aliphatic heterocycles. The van der Waals surface area contributed by atoms with Gasteiger partial charge in [-0.3, -0.25) is 4.98 Å². The Hall–Kier alpha value is -1.81. The van der Waals surface area contributed by atoms with Crippen LogP contribution in [0.4, 0.5) is 11.4 Å².